The van der Waals surface area contributed by atoms with Gasteiger partial charge in [0.05, 0.1) is 18.8 Å². The summed E-state index contributed by atoms with van der Waals surface area (Å²) in [4.78, 5) is 10.7. The zero-order valence-corrected chi connectivity index (χ0v) is 6.91. The van der Waals surface area contributed by atoms with Gasteiger partial charge in [0.25, 0.3) is 0 Å². The molecule has 1 aliphatic rings. The normalized spacial score (nSPS) is 14.2. The van der Waals surface area contributed by atoms with Crippen molar-refractivity contribution in [3.8, 4) is 0 Å². The van der Waals surface area contributed by atoms with Crippen LogP contribution in [0.4, 0.5) is 5.69 Å². The first-order valence-corrected chi connectivity index (χ1v) is 3.91. The van der Waals surface area contributed by atoms with E-state index in [1.807, 2.05) is 0 Å². The van der Waals surface area contributed by atoms with Crippen LogP contribution in [0.1, 0.15) is 21.5 Å². The summed E-state index contributed by atoms with van der Waals surface area (Å²) in [5.41, 5.74) is 8.21. The predicted octanol–water partition coefficient (Wildman–Crippen LogP) is 0.997. The Morgan fingerprint density at radius 2 is 2.23 bits per heavy atom. The first kappa shape index (κ1) is 8.07. The number of fused-ring (bicyclic) bond motifs is 1. The zero-order chi connectivity index (χ0) is 9.42. The lowest BCUT2D eigenvalue weighted by Gasteiger charge is -2.03. The van der Waals surface area contributed by atoms with Crippen LogP contribution < -0.4 is 5.73 Å². The number of carbonyl (C=O) groups is 1. The topological polar surface area (TPSA) is 72.6 Å². The molecular formula is C9H9NO3. The Morgan fingerprint density at radius 3 is 2.92 bits per heavy atom. The molecule has 0 unspecified atom stereocenters. The first-order chi connectivity index (χ1) is 6.18. The van der Waals surface area contributed by atoms with Crippen molar-refractivity contribution in [1.82, 2.24) is 0 Å². The summed E-state index contributed by atoms with van der Waals surface area (Å²) in [5, 5.41) is 8.74. The van der Waals surface area contributed by atoms with Gasteiger partial charge >= 0.3 is 5.97 Å². The third-order valence-electron chi connectivity index (χ3n) is 2.13. The number of carboxylic acids is 1. The van der Waals surface area contributed by atoms with E-state index < -0.39 is 5.97 Å². The Morgan fingerprint density at radius 1 is 1.46 bits per heavy atom. The van der Waals surface area contributed by atoms with Crippen LogP contribution in [0, 0.1) is 0 Å². The molecule has 3 N–H and O–H groups in total. The highest BCUT2D eigenvalue weighted by Crippen LogP contribution is 2.26. The number of carboxylic acid groups (broad SMARTS) is 1. The molecular weight excluding hydrogens is 170 g/mol. The Labute approximate surface area is 74.9 Å². The molecule has 2 rings (SSSR count). The van der Waals surface area contributed by atoms with Crippen molar-refractivity contribution in [2.75, 3.05) is 5.73 Å². The van der Waals surface area contributed by atoms with Crippen LogP contribution >= 0.6 is 0 Å². The maximum atomic E-state index is 10.7. The molecule has 1 heterocycles. The quantitative estimate of drug-likeness (QED) is 0.631. The van der Waals surface area contributed by atoms with E-state index in [-0.39, 0.29) is 5.56 Å². The molecule has 13 heavy (non-hydrogen) atoms. The second kappa shape index (κ2) is 2.74. The van der Waals surface area contributed by atoms with Crippen LogP contribution in [0.15, 0.2) is 12.1 Å². The second-order valence-electron chi connectivity index (χ2n) is 3.00. The van der Waals surface area contributed by atoms with Crippen molar-refractivity contribution in [3.05, 3.63) is 28.8 Å². The maximum absolute atomic E-state index is 10.7. The summed E-state index contributed by atoms with van der Waals surface area (Å²) >= 11 is 0. The Bertz CT molecular complexity index is 373. The highest BCUT2D eigenvalue weighted by molar-refractivity contribution is 5.89. The third kappa shape index (κ3) is 1.25. The molecule has 0 aromatic heterocycles. The molecule has 4 heteroatoms. The fourth-order valence-corrected chi connectivity index (χ4v) is 1.45. The number of benzene rings is 1. The summed E-state index contributed by atoms with van der Waals surface area (Å²) in [6.07, 6.45) is 0. The number of aromatic carboxylic acids is 1. The van der Waals surface area contributed by atoms with E-state index in [1.54, 1.807) is 6.07 Å². The molecule has 0 amide bonds. The predicted molar refractivity (Wildman–Crippen MR) is 46.3 cm³/mol. The lowest BCUT2D eigenvalue weighted by Crippen LogP contribution is -2.01. The van der Waals surface area contributed by atoms with Gasteiger partial charge in [0.15, 0.2) is 0 Å². The number of hydrogen-bond donors (Lipinski definition) is 2. The summed E-state index contributed by atoms with van der Waals surface area (Å²) in [6, 6.07) is 3.08. The van der Waals surface area contributed by atoms with Crippen molar-refractivity contribution < 1.29 is 14.6 Å². The van der Waals surface area contributed by atoms with Crippen LogP contribution in [0.25, 0.3) is 0 Å². The molecule has 0 aliphatic carbocycles. The van der Waals surface area contributed by atoms with Crippen LogP contribution in [0.5, 0.6) is 0 Å². The molecule has 0 fully saturated rings. The van der Waals surface area contributed by atoms with Gasteiger partial charge in [0.1, 0.15) is 0 Å². The van der Waals surface area contributed by atoms with Gasteiger partial charge < -0.3 is 15.6 Å². The maximum Gasteiger partial charge on any atom is 0.335 e. The lowest BCUT2D eigenvalue weighted by molar-refractivity contribution is 0.0697. The average Bonchev–Trinajstić information content (AvgIpc) is 2.51. The van der Waals surface area contributed by atoms with E-state index in [0.717, 1.165) is 11.1 Å². The molecule has 0 saturated carbocycles. The molecule has 4 nitrogen and oxygen atoms in total. The zero-order valence-electron chi connectivity index (χ0n) is 6.91. The minimum absolute atomic E-state index is 0.224. The van der Waals surface area contributed by atoms with Gasteiger partial charge in [0, 0.05) is 11.3 Å². The van der Waals surface area contributed by atoms with E-state index in [4.69, 9.17) is 15.6 Å². The standard InChI is InChI=1S/C9H9NO3/c10-8-2-5(9(11)12)1-6-3-13-4-7(6)8/h1-2H,3-4,10H2,(H,11,12). The minimum atomic E-state index is -0.957. The summed E-state index contributed by atoms with van der Waals surface area (Å²) in [6.45, 7) is 0.946. The molecule has 0 atom stereocenters. The van der Waals surface area contributed by atoms with Crippen molar-refractivity contribution in [2.24, 2.45) is 0 Å². The molecule has 1 aromatic rings. The minimum Gasteiger partial charge on any atom is -0.478 e. The fraction of sp³-hybridized carbons (Fsp3) is 0.222. The number of ether oxygens (including phenoxy) is 1. The van der Waals surface area contributed by atoms with Gasteiger partial charge in [-0.15, -0.1) is 0 Å². The van der Waals surface area contributed by atoms with E-state index >= 15 is 0 Å². The van der Waals surface area contributed by atoms with Crippen molar-refractivity contribution >= 4 is 11.7 Å². The van der Waals surface area contributed by atoms with E-state index in [0.29, 0.717) is 18.9 Å². The number of hydrogen-bond acceptors (Lipinski definition) is 3. The van der Waals surface area contributed by atoms with Crippen molar-refractivity contribution in [1.29, 1.82) is 0 Å². The van der Waals surface area contributed by atoms with Gasteiger partial charge in [0.2, 0.25) is 0 Å². The summed E-state index contributed by atoms with van der Waals surface area (Å²) in [7, 11) is 0. The highest BCUT2D eigenvalue weighted by Gasteiger charge is 2.17. The molecule has 1 aromatic carbocycles. The molecule has 0 spiro atoms. The lowest BCUT2D eigenvalue weighted by atomic mass is 10.0. The Hall–Kier alpha value is -1.55. The molecule has 0 saturated heterocycles. The third-order valence-corrected chi connectivity index (χ3v) is 2.13. The number of rotatable bonds is 1. The molecule has 0 bridgehead atoms. The fourth-order valence-electron chi connectivity index (χ4n) is 1.45. The largest absolute Gasteiger partial charge is 0.478 e. The van der Waals surface area contributed by atoms with Crippen LogP contribution in [-0.2, 0) is 18.0 Å². The van der Waals surface area contributed by atoms with Gasteiger partial charge in [-0.3, -0.25) is 0 Å². The van der Waals surface area contributed by atoms with Crippen LogP contribution in [0.2, 0.25) is 0 Å². The number of nitrogen functional groups attached to an aromatic ring is 1. The SMILES string of the molecule is Nc1cc(C(=O)O)cc2c1COC2. The Kier molecular flexibility index (Phi) is 1.70. The highest BCUT2D eigenvalue weighted by atomic mass is 16.5. The first-order valence-electron chi connectivity index (χ1n) is 3.91. The molecule has 68 valence electrons. The van der Waals surface area contributed by atoms with Crippen molar-refractivity contribution in [3.63, 3.8) is 0 Å². The van der Waals surface area contributed by atoms with Gasteiger partial charge in [-0.05, 0) is 17.7 Å². The van der Waals surface area contributed by atoms with E-state index in [1.165, 1.54) is 6.07 Å². The van der Waals surface area contributed by atoms with Gasteiger partial charge in [-0.2, -0.15) is 0 Å². The Balaban J connectivity index is 2.55. The monoisotopic (exact) mass is 179 g/mol. The summed E-state index contributed by atoms with van der Waals surface area (Å²) in [5.74, 6) is -0.957. The van der Waals surface area contributed by atoms with E-state index in [9.17, 15) is 4.79 Å². The molecule has 0 radical (unpaired) electrons. The smallest absolute Gasteiger partial charge is 0.335 e. The number of nitrogens with two attached hydrogens (primary N) is 1. The van der Waals surface area contributed by atoms with Gasteiger partial charge in [-0.1, -0.05) is 0 Å². The number of anilines is 1. The van der Waals surface area contributed by atoms with Crippen LogP contribution in [-0.4, -0.2) is 11.1 Å². The van der Waals surface area contributed by atoms with Crippen molar-refractivity contribution in [2.45, 2.75) is 13.2 Å². The van der Waals surface area contributed by atoms with E-state index in [2.05, 4.69) is 0 Å². The van der Waals surface area contributed by atoms with Crippen LogP contribution in [0.3, 0.4) is 0 Å². The summed E-state index contributed by atoms with van der Waals surface area (Å²) < 4.78 is 5.16. The molecule has 1 aliphatic heterocycles. The second-order valence-corrected chi connectivity index (χ2v) is 3.00. The van der Waals surface area contributed by atoms with Gasteiger partial charge in [-0.25, -0.2) is 4.79 Å². The average molecular weight is 179 g/mol.